The molecule has 0 spiro atoms. The highest BCUT2D eigenvalue weighted by molar-refractivity contribution is 5.96. The molecule has 4 rings (SSSR count). The number of fused-ring (bicyclic) bond motifs is 1. The van der Waals surface area contributed by atoms with Crippen molar-refractivity contribution >= 4 is 22.5 Å². The number of carbonyl (C=O) groups excluding carboxylic acids is 1. The van der Waals surface area contributed by atoms with Gasteiger partial charge in [-0.15, -0.1) is 0 Å². The number of benzene rings is 2. The van der Waals surface area contributed by atoms with Crippen LogP contribution in [0.1, 0.15) is 33.6 Å². The Balaban J connectivity index is 0.000000188. The fraction of sp³-hybridized carbons (Fsp3) is 0.333. The molecule has 5 nitrogen and oxygen atoms in total. The number of methoxy groups -OCH3 is 1. The van der Waals surface area contributed by atoms with E-state index in [1.54, 1.807) is 7.11 Å². The molecule has 2 N–H and O–H groups in total. The van der Waals surface area contributed by atoms with Gasteiger partial charge in [0.1, 0.15) is 5.75 Å². The summed E-state index contributed by atoms with van der Waals surface area (Å²) in [5, 5.41) is 10.8. The average Bonchev–Trinajstić information content (AvgIpc) is 3.27. The summed E-state index contributed by atoms with van der Waals surface area (Å²) in [6, 6.07) is 15.4. The summed E-state index contributed by atoms with van der Waals surface area (Å²) in [5.74, 6) is 0.915. The lowest BCUT2D eigenvalue weighted by atomic mass is 10.1. The van der Waals surface area contributed by atoms with E-state index in [9.17, 15) is 4.79 Å². The standard InChI is InChI=1S/C12H15NO2.C7H6N2.C2H6/c1-12(7-8-12)11(14)13-9-3-5-10(15-2)6-4-9;1-2-4-7-6(3-1)5-8-9-7;1-2/h3-6H,7-8H2,1-2H3,(H,13,14);1-5H,(H,8,9);1-2H3. The summed E-state index contributed by atoms with van der Waals surface area (Å²) in [6.45, 7) is 5.99. The molecule has 1 aliphatic carbocycles. The molecule has 5 heteroatoms. The monoisotopic (exact) mass is 353 g/mol. The van der Waals surface area contributed by atoms with Gasteiger partial charge >= 0.3 is 0 Å². The second kappa shape index (κ2) is 9.04. The maximum atomic E-state index is 11.7. The Kier molecular flexibility index (Phi) is 6.78. The van der Waals surface area contributed by atoms with Crippen LogP contribution in [0.5, 0.6) is 5.75 Å². The highest BCUT2D eigenvalue weighted by Gasteiger charge is 2.44. The van der Waals surface area contributed by atoms with E-state index in [0.717, 1.165) is 35.2 Å². The van der Waals surface area contributed by atoms with Crippen molar-refractivity contribution in [3.63, 3.8) is 0 Å². The molecule has 1 aromatic heterocycles. The summed E-state index contributed by atoms with van der Waals surface area (Å²) in [4.78, 5) is 11.7. The quantitative estimate of drug-likeness (QED) is 0.694. The number of para-hydroxylation sites is 1. The van der Waals surface area contributed by atoms with E-state index in [0.29, 0.717) is 0 Å². The number of hydrogen-bond donors (Lipinski definition) is 2. The lowest BCUT2D eigenvalue weighted by Gasteiger charge is -2.10. The Hall–Kier alpha value is -2.82. The van der Waals surface area contributed by atoms with E-state index >= 15 is 0 Å². The van der Waals surface area contributed by atoms with E-state index < -0.39 is 0 Å². The van der Waals surface area contributed by atoms with Crippen LogP contribution in [0.25, 0.3) is 10.9 Å². The molecular weight excluding hydrogens is 326 g/mol. The minimum absolute atomic E-state index is 0.118. The molecule has 1 amide bonds. The SMILES string of the molecule is CC.COc1ccc(NC(=O)C2(C)CC2)cc1.c1ccc2[nH]ncc2c1. The van der Waals surface area contributed by atoms with E-state index in [4.69, 9.17) is 4.74 Å². The third-order valence-corrected chi connectivity index (χ3v) is 4.25. The zero-order valence-electron chi connectivity index (χ0n) is 15.9. The largest absolute Gasteiger partial charge is 0.497 e. The molecule has 1 fully saturated rings. The molecule has 0 radical (unpaired) electrons. The van der Waals surface area contributed by atoms with E-state index in [1.165, 1.54) is 0 Å². The maximum Gasteiger partial charge on any atom is 0.230 e. The normalized spacial score (nSPS) is 13.5. The van der Waals surface area contributed by atoms with Crippen molar-refractivity contribution in [1.29, 1.82) is 0 Å². The topological polar surface area (TPSA) is 67.0 Å². The van der Waals surface area contributed by atoms with Crippen molar-refractivity contribution in [3.05, 3.63) is 54.7 Å². The first-order valence-electron chi connectivity index (χ1n) is 8.94. The molecule has 1 saturated carbocycles. The number of nitrogens with one attached hydrogen (secondary N) is 2. The fourth-order valence-corrected chi connectivity index (χ4v) is 2.25. The van der Waals surface area contributed by atoms with Gasteiger partial charge in [0.05, 0.1) is 18.8 Å². The van der Waals surface area contributed by atoms with Crippen molar-refractivity contribution in [3.8, 4) is 5.75 Å². The van der Waals surface area contributed by atoms with Crippen LogP contribution in [0.15, 0.2) is 54.7 Å². The Morgan fingerprint density at radius 2 is 1.77 bits per heavy atom. The highest BCUT2D eigenvalue weighted by atomic mass is 16.5. The van der Waals surface area contributed by atoms with Crippen molar-refractivity contribution in [2.45, 2.75) is 33.6 Å². The summed E-state index contributed by atoms with van der Waals surface area (Å²) < 4.78 is 5.04. The van der Waals surface area contributed by atoms with Crippen LogP contribution in [-0.4, -0.2) is 23.2 Å². The highest BCUT2D eigenvalue weighted by Crippen LogP contribution is 2.45. The number of nitrogens with zero attached hydrogens (tertiary/aromatic N) is 1. The van der Waals surface area contributed by atoms with Crippen molar-refractivity contribution in [1.82, 2.24) is 10.2 Å². The zero-order chi connectivity index (χ0) is 19.0. The summed E-state index contributed by atoms with van der Waals surface area (Å²) >= 11 is 0. The number of aromatic nitrogens is 2. The molecule has 1 heterocycles. The minimum atomic E-state index is -0.125. The molecule has 2 aromatic carbocycles. The molecule has 0 bridgehead atoms. The zero-order valence-corrected chi connectivity index (χ0v) is 15.9. The Bertz CT molecular complexity index is 790. The predicted molar refractivity (Wildman–Crippen MR) is 106 cm³/mol. The van der Waals surface area contributed by atoms with Crippen molar-refractivity contribution in [2.75, 3.05) is 12.4 Å². The van der Waals surface area contributed by atoms with Crippen LogP contribution >= 0.6 is 0 Å². The molecule has 26 heavy (non-hydrogen) atoms. The van der Waals surface area contributed by atoms with Crippen LogP contribution in [0.4, 0.5) is 5.69 Å². The molecule has 138 valence electrons. The minimum Gasteiger partial charge on any atom is -0.497 e. The number of H-pyrrole nitrogens is 1. The van der Waals surface area contributed by atoms with Gasteiger partial charge in [0.15, 0.2) is 0 Å². The third kappa shape index (κ3) is 5.09. The van der Waals surface area contributed by atoms with E-state index in [-0.39, 0.29) is 11.3 Å². The molecular formula is C21H27N3O2. The van der Waals surface area contributed by atoms with Gasteiger partial charge in [-0.2, -0.15) is 5.10 Å². The predicted octanol–water partition coefficient (Wildman–Crippen LogP) is 5.02. The van der Waals surface area contributed by atoms with E-state index in [2.05, 4.69) is 15.5 Å². The molecule has 0 saturated heterocycles. The lowest BCUT2D eigenvalue weighted by molar-refractivity contribution is -0.120. The van der Waals surface area contributed by atoms with Gasteiger partial charge in [-0.1, -0.05) is 39.0 Å². The molecule has 1 aliphatic rings. The smallest absolute Gasteiger partial charge is 0.230 e. The molecule has 0 unspecified atom stereocenters. The first-order chi connectivity index (χ1) is 12.6. The van der Waals surface area contributed by atoms with Crippen molar-refractivity contribution < 1.29 is 9.53 Å². The number of hydrogen-bond acceptors (Lipinski definition) is 3. The Morgan fingerprint density at radius 1 is 1.12 bits per heavy atom. The Morgan fingerprint density at radius 3 is 2.35 bits per heavy atom. The van der Waals surface area contributed by atoms with Gasteiger partial charge in [-0.3, -0.25) is 9.89 Å². The van der Waals surface area contributed by atoms with Crippen LogP contribution in [-0.2, 0) is 4.79 Å². The van der Waals surface area contributed by atoms with Crippen LogP contribution in [0.3, 0.4) is 0 Å². The van der Waals surface area contributed by atoms with Gasteiger partial charge in [0.2, 0.25) is 5.91 Å². The first kappa shape index (κ1) is 19.5. The number of anilines is 1. The second-order valence-corrected chi connectivity index (χ2v) is 6.20. The van der Waals surface area contributed by atoms with Gasteiger partial charge in [0, 0.05) is 16.5 Å². The molecule has 0 atom stereocenters. The van der Waals surface area contributed by atoms with Crippen LogP contribution < -0.4 is 10.1 Å². The van der Waals surface area contributed by atoms with Gasteiger partial charge in [0.25, 0.3) is 0 Å². The molecule has 3 aromatic rings. The van der Waals surface area contributed by atoms with Crippen LogP contribution in [0.2, 0.25) is 0 Å². The fourth-order valence-electron chi connectivity index (χ4n) is 2.25. The maximum absolute atomic E-state index is 11.7. The summed E-state index contributed by atoms with van der Waals surface area (Å²) in [7, 11) is 1.62. The molecule has 0 aliphatic heterocycles. The van der Waals surface area contributed by atoms with E-state index in [1.807, 2.05) is 75.5 Å². The number of carbonyl (C=O) groups is 1. The number of amides is 1. The third-order valence-electron chi connectivity index (χ3n) is 4.25. The number of rotatable bonds is 3. The number of ether oxygens (including phenoxy) is 1. The Labute approximate surface area is 154 Å². The lowest BCUT2D eigenvalue weighted by Crippen LogP contribution is -2.21. The number of aromatic amines is 1. The summed E-state index contributed by atoms with van der Waals surface area (Å²) in [6.07, 6.45) is 3.80. The van der Waals surface area contributed by atoms with Crippen molar-refractivity contribution in [2.24, 2.45) is 5.41 Å². The van der Waals surface area contributed by atoms with Crippen LogP contribution in [0, 0.1) is 5.41 Å². The average molecular weight is 353 g/mol. The summed E-state index contributed by atoms with van der Waals surface area (Å²) in [5.41, 5.74) is 1.80. The van der Waals surface area contributed by atoms with Gasteiger partial charge in [-0.25, -0.2) is 0 Å². The van der Waals surface area contributed by atoms with Gasteiger partial charge in [-0.05, 0) is 43.2 Å². The van der Waals surface area contributed by atoms with Gasteiger partial charge < -0.3 is 10.1 Å². The first-order valence-corrected chi connectivity index (χ1v) is 8.94. The second-order valence-electron chi connectivity index (χ2n) is 6.20.